The Kier molecular flexibility index (Phi) is 6.50. The molecule has 1 saturated carbocycles. The number of likely N-dealkylation sites (tertiary alicyclic amines) is 2. The molecule has 0 radical (unpaired) electrons. The van der Waals surface area contributed by atoms with Crippen LogP contribution >= 0.6 is 0 Å². The summed E-state index contributed by atoms with van der Waals surface area (Å²) in [6, 6.07) is 4.39. The molecule has 1 aromatic carbocycles. The monoisotopic (exact) mass is 406 g/mol. The van der Waals surface area contributed by atoms with E-state index >= 15 is 0 Å². The highest BCUT2D eigenvalue weighted by atomic mass is 19.2. The molecular weight excluding hydrogens is 374 g/mol. The maximum Gasteiger partial charge on any atom is 0.225 e. The lowest BCUT2D eigenvalue weighted by Crippen LogP contribution is -2.39. The van der Waals surface area contributed by atoms with E-state index in [4.69, 9.17) is 0 Å². The lowest BCUT2D eigenvalue weighted by molar-refractivity contribution is -0.136. The molecule has 29 heavy (non-hydrogen) atoms. The van der Waals surface area contributed by atoms with E-state index < -0.39 is 11.6 Å². The van der Waals surface area contributed by atoms with Crippen molar-refractivity contribution in [2.24, 2.45) is 17.8 Å². The van der Waals surface area contributed by atoms with Gasteiger partial charge in [0.25, 0.3) is 0 Å². The van der Waals surface area contributed by atoms with Gasteiger partial charge in [0.05, 0.1) is 6.10 Å². The summed E-state index contributed by atoms with van der Waals surface area (Å²) in [7, 11) is 0. The van der Waals surface area contributed by atoms with Crippen LogP contribution in [0.25, 0.3) is 0 Å². The molecule has 1 N–H and O–H groups in total. The van der Waals surface area contributed by atoms with Crippen molar-refractivity contribution in [3.05, 3.63) is 35.4 Å². The van der Waals surface area contributed by atoms with Gasteiger partial charge in [-0.1, -0.05) is 12.1 Å². The molecule has 3 aliphatic rings. The van der Waals surface area contributed by atoms with Crippen molar-refractivity contribution in [2.75, 3.05) is 26.2 Å². The minimum atomic E-state index is -0.777. The summed E-state index contributed by atoms with van der Waals surface area (Å²) in [6.45, 7) is 3.97. The molecule has 1 aromatic rings. The number of piperidine rings is 1. The Morgan fingerprint density at radius 1 is 0.966 bits per heavy atom. The van der Waals surface area contributed by atoms with Gasteiger partial charge in [-0.25, -0.2) is 8.78 Å². The first-order valence-electron chi connectivity index (χ1n) is 11.1. The number of aliphatic hydroxyl groups is 1. The molecule has 3 fully saturated rings. The SMILES string of the molecule is O=C(C1CCC(O)CC1)N1CC[C@@H](C2CCN(Cc3cccc(F)c3F)CC2)C1. The Morgan fingerprint density at radius 3 is 2.38 bits per heavy atom. The maximum atomic E-state index is 13.9. The van der Waals surface area contributed by atoms with Crippen LogP contribution in [0.15, 0.2) is 18.2 Å². The zero-order valence-corrected chi connectivity index (χ0v) is 17.0. The highest BCUT2D eigenvalue weighted by molar-refractivity contribution is 5.79. The largest absolute Gasteiger partial charge is 0.393 e. The van der Waals surface area contributed by atoms with Crippen molar-refractivity contribution in [1.82, 2.24) is 9.80 Å². The summed E-state index contributed by atoms with van der Waals surface area (Å²) in [6.07, 6.45) is 6.09. The van der Waals surface area contributed by atoms with E-state index in [2.05, 4.69) is 9.80 Å². The number of hydrogen-bond donors (Lipinski definition) is 1. The van der Waals surface area contributed by atoms with Crippen molar-refractivity contribution in [2.45, 2.75) is 57.6 Å². The van der Waals surface area contributed by atoms with Crippen LogP contribution in [0.2, 0.25) is 0 Å². The highest BCUT2D eigenvalue weighted by Gasteiger charge is 2.36. The average Bonchev–Trinajstić information content (AvgIpc) is 3.22. The average molecular weight is 407 g/mol. The number of nitrogens with zero attached hydrogens (tertiary/aromatic N) is 2. The van der Waals surface area contributed by atoms with E-state index in [1.54, 1.807) is 12.1 Å². The minimum absolute atomic E-state index is 0.0974. The van der Waals surface area contributed by atoms with Crippen molar-refractivity contribution in [1.29, 1.82) is 0 Å². The molecule has 1 amide bonds. The van der Waals surface area contributed by atoms with Gasteiger partial charge in [0, 0.05) is 31.1 Å². The van der Waals surface area contributed by atoms with E-state index in [0.29, 0.717) is 29.9 Å². The smallest absolute Gasteiger partial charge is 0.225 e. The summed E-state index contributed by atoms with van der Waals surface area (Å²) in [4.78, 5) is 17.1. The van der Waals surface area contributed by atoms with E-state index in [1.165, 1.54) is 0 Å². The number of amides is 1. The second-order valence-electron chi connectivity index (χ2n) is 9.16. The number of benzene rings is 1. The zero-order valence-electron chi connectivity index (χ0n) is 17.0. The lowest BCUT2D eigenvalue weighted by Gasteiger charge is -2.35. The third kappa shape index (κ3) is 4.80. The summed E-state index contributed by atoms with van der Waals surface area (Å²) in [5, 5.41) is 9.66. The van der Waals surface area contributed by atoms with Crippen LogP contribution in [0.1, 0.15) is 50.5 Å². The molecule has 4 nitrogen and oxygen atoms in total. The Labute approximate surface area is 171 Å². The van der Waals surface area contributed by atoms with Gasteiger partial charge in [0.15, 0.2) is 11.6 Å². The number of hydrogen-bond acceptors (Lipinski definition) is 3. The lowest BCUT2D eigenvalue weighted by atomic mass is 9.83. The van der Waals surface area contributed by atoms with Crippen LogP contribution < -0.4 is 0 Å². The Morgan fingerprint density at radius 2 is 1.66 bits per heavy atom. The summed E-state index contributed by atoms with van der Waals surface area (Å²) < 4.78 is 27.3. The second-order valence-corrected chi connectivity index (χ2v) is 9.16. The molecule has 160 valence electrons. The van der Waals surface area contributed by atoms with E-state index in [0.717, 1.165) is 77.2 Å². The topological polar surface area (TPSA) is 43.8 Å². The third-order valence-electron chi connectivity index (χ3n) is 7.31. The molecule has 4 rings (SSSR count). The van der Waals surface area contributed by atoms with E-state index in [1.807, 2.05) is 0 Å². The van der Waals surface area contributed by atoms with Crippen LogP contribution in [0, 0.1) is 29.4 Å². The molecule has 2 saturated heterocycles. The van der Waals surface area contributed by atoms with Gasteiger partial charge >= 0.3 is 0 Å². The molecular formula is C23H32F2N2O2. The first-order chi connectivity index (χ1) is 14.0. The number of aliphatic hydroxyl groups excluding tert-OH is 1. The Bertz CT molecular complexity index is 713. The molecule has 2 aliphatic heterocycles. The van der Waals surface area contributed by atoms with Gasteiger partial charge in [0.2, 0.25) is 5.91 Å². The molecule has 0 aromatic heterocycles. The molecule has 1 atom stereocenters. The predicted octanol–water partition coefficient (Wildman–Crippen LogP) is 3.58. The van der Waals surface area contributed by atoms with Gasteiger partial charge in [-0.2, -0.15) is 0 Å². The normalized spacial score (nSPS) is 29.3. The number of carbonyl (C=O) groups is 1. The molecule has 0 bridgehead atoms. The van der Waals surface area contributed by atoms with Gasteiger partial charge < -0.3 is 10.0 Å². The van der Waals surface area contributed by atoms with Crippen molar-refractivity contribution >= 4 is 5.91 Å². The fraction of sp³-hybridized carbons (Fsp3) is 0.696. The first kappa shape index (κ1) is 20.7. The zero-order chi connectivity index (χ0) is 20.4. The van der Waals surface area contributed by atoms with Crippen LogP contribution in [-0.2, 0) is 11.3 Å². The standard InChI is InChI=1S/C23H32F2N2O2/c24-21-3-1-2-19(22(21)25)14-26-11-8-16(9-12-26)18-10-13-27(15-18)23(29)17-4-6-20(28)7-5-17/h1-3,16-18,20,28H,4-15H2/t17?,18-,20?/m1/s1. The number of halogens is 2. The summed E-state index contributed by atoms with van der Waals surface area (Å²) >= 11 is 0. The van der Waals surface area contributed by atoms with Gasteiger partial charge in [-0.15, -0.1) is 0 Å². The van der Waals surface area contributed by atoms with Crippen LogP contribution in [-0.4, -0.2) is 53.1 Å². The quantitative estimate of drug-likeness (QED) is 0.831. The van der Waals surface area contributed by atoms with Crippen molar-refractivity contribution in [3.63, 3.8) is 0 Å². The van der Waals surface area contributed by atoms with Crippen LogP contribution in [0.3, 0.4) is 0 Å². The fourth-order valence-electron chi connectivity index (χ4n) is 5.45. The molecule has 0 spiro atoms. The van der Waals surface area contributed by atoms with Crippen LogP contribution in [0.5, 0.6) is 0 Å². The Hall–Kier alpha value is -1.53. The van der Waals surface area contributed by atoms with Crippen LogP contribution in [0.4, 0.5) is 8.78 Å². The maximum absolute atomic E-state index is 13.9. The first-order valence-corrected chi connectivity index (χ1v) is 11.1. The van der Waals surface area contributed by atoms with Gasteiger partial charge in [0.1, 0.15) is 0 Å². The van der Waals surface area contributed by atoms with E-state index in [-0.39, 0.29) is 12.0 Å². The number of rotatable bonds is 4. The molecule has 0 unspecified atom stereocenters. The van der Waals surface area contributed by atoms with Crippen molar-refractivity contribution < 1.29 is 18.7 Å². The fourth-order valence-corrected chi connectivity index (χ4v) is 5.45. The Balaban J connectivity index is 1.24. The van der Waals surface area contributed by atoms with Gasteiger partial charge in [-0.05, 0) is 75.9 Å². The predicted molar refractivity (Wildman–Crippen MR) is 107 cm³/mol. The summed E-state index contributed by atoms with van der Waals surface area (Å²) in [5.41, 5.74) is 0.429. The molecule has 2 heterocycles. The molecule has 1 aliphatic carbocycles. The van der Waals surface area contributed by atoms with E-state index in [9.17, 15) is 18.7 Å². The third-order valence-corrected chi connectivity index (χ3v) is 7.31. The highest BCUT2D eigenvalue weighted by Crippen LogP contribution is 2.34. The molecule has 6 heteroatoms. The number of carbonyl (C=O) groups excluding carboxylic acids is 1. The summed E-state index contributed by atoms with van der Waals surface area (Å²) in [5.74, 6) is 0.0460. The second kappa shape index (κ2) is 9.09. The van der Waals surface area contributed by atoms with Crippen molar-refractivity contribution in [3.8, 4) is 0 Å². The van der Waals surface area contributed by atoms with Gasteiger partial charge in [-0.3, -0.25) is 9.69 Å². The minimum Gasteiger partial charge on any atom is -0.393 e.